The van der Waals surface area contributed by atoms with E-state index in [-0.39, 0.29) is 5.91 Å². The summed E-state index contributed by atoms with van der Waals surface area (Å²) in [6.45, 7) is 7.56. The number of hydrogen-bond acceptors (Lipinski definition) is 8. The summed E-state index contributed by atoms with van der Waals surface area (Å²) in [5.41, 5.74) is 2.67. The smallest absolute Gasteiger partial charge is 0.247 e. The van der Waals surface area contributed by atoms with Gasteiger partial charge in [0.05, 0.1) is 12.8 Å². The lowest BCUT2D eigenvalue weighted by Crippen LogP contribution is -2.44. The molecule has 2 N–H and O–H groups in total. The molecule has 1 aliphatic rings. The number of thiazole rings is 1. The van der Waals surface area contributed by atoms with Gasteiger partial charge in [0.15, 0.2) is 10.3 Å². The van der Waals surface area contributed by atoms with Crippen molar-refractivity contribution in [2.24, 2.45) is 0 Å². The van der Waals surface area contributed by atoms with E-state index in [0.29, 0.717) is 16.0 Å². The lowest BCUT2D eigenvalue weighted by Gasteiger charge is -2.34. The summed E-state index contributed by atoms with van der Waals surface area (Å²) in [6, 6.07) is 13.7. The second kappa shape index (κ2) is 11.1. The summed E-state index contributed by atoms with van der Waals surface area (Å²) in [5, 5.41) is 7.21. The van der Waals surface area contributed by atoms with Gasteiger partial charge in [0.2, 0.25) is 5.91 Å². The Kier molecular flexibility index (Phi) is 7.99. The normalized spacial score (nSPS) is 14.0. The third-order valence-electron chi connectivity index (χ3n) is 5.35. The zero-order valence-corrected chi connectivity index (χ0v) is 21.4. The van der Waals surface area contributed by atoms with Gasteiger partial charge in [-0.2, -0.15) is 0 Å². The van der Waals surface area contributed by atoms with Crippen LogP contribution in [0.2, 0.25) is 5.15 Å². The average Bonchev–Trinajstić information content (AvgIpc) is 3.18. The zero-order valence-electron chi connectivity index (χ0n) is 19.0. The van der Waals surface area contributed by atoms with Gasteiger partial charge in [-0.25, -0.2) is 4.98 Å². The number of nitrogens with zero attached hydrogens (tertiary/aromatic N) is 3. The van der Waals surface area contributed by atoms with Crippen molar-refractivity contribution in [3.05, 3.63) is 60.3 Å². The number of piperazine rings is 1. The Morgan fingerprint density at radius 3 is 2.76 bits per heavy atom. The van der Waals surface area contributed by atoms with E-state index in [4.69, 9.17) is 16.3 Å². The average molecular weight is 516 g/mol. The van der Waals surface area contributed by atoms with E-state index in [1.54, 1.807) is 7.11 Å². The molecule has 7 nitrogen and oxygen atoms in total. The van der Waals surface area contributed by atoms with E-state index < -0.39 is 0 Å². The van der Waals surface area contributed by atoms with Crippen LogP contribution in [0, 0.1) is 0 Å². The van der Waals surface area contributed by atoms with Crippen LogP contribution in [0.25, 0.3) is 0 Å². The third-order valence-corrected chi connectivity index (χ3v) is 7.98. The highest BCUT2D eigenvalue weighted by atomic mass is 35.5. The van der Waals surface area contributed by atoms with Crippen molar-refractivity contribution in [2.75, 3.05) is 55.9 Å². The van der Waals surface area contributed by atoms with Gasteiger partial charge >= 0.3 is 0 Å². The molecule has 4 rings (SSSR count). The maximum atomic E-state index is 11.6. The van der Waals surface area contributed by atoms with Crippen LogP contribution in [0.4, 0.5) is 22.2 Å². The van der Waals surface area contributed by atoms with Gasteiger partial charge in [-0.1, -0.05) is 47.3 Å². The van der Waals surface area contributed by atoms with Gasteiger partial charge in [-0.15, -0.1) is 0 Å². The van der Waals surface area contributed by atoms with E-state index in [9.17, 15) is 4.79 Å². The molecule has 1 aliphatic heterocycles. The molecule has 2 aromatic carbocycles. The van der Waals surface area contributed by atoms with Crippen LogP contribution in [0.15, 0.2) is 64.2 Å². The molecule has 1 saturated heterocycles. The number of carbonyl (C=O) groups is 1. The van der Waals surface area contributed by atoms with Crippen molar-refractivity contribution in [3.63, 3.8) is 0 Å². The number of likely N-dealkylation sites (N-methyl/N-ethyl adjacent to an activating group) is 1. The number of nitrogens with one attached hydrogen (secondary N) is 2. The quantitative estimate of drug-likeness (QED) is 0.380. The van der Waals surface area contributed by atoms with Gasteiger partial charge < -0.3 is 25.2 Å². The van der Waals surface area contributed by atoms with Crippen LogP contribution in [-0.4, -0.2) is 56.1 Å². The van der Waals surface area contributed by atoms with E-state index in [2.05, 4.69) is 51.2 Å². The number of ether oxygens (including phenoxy) is 1. The first-order valence-electron chi connectivity index (χ1n) is 10.7. The van der Waals surface area contributed by atoms with Gasteiger partial charge in [0.1, 0.15) is 9.96 Å². The Morgan fingerprint density at radius 2 is 2.03 bits per heavy atom. The lowest BCUT2D eigenvalue weighted by molar-refractivity contribution is -0.111. The molecular weight excluding hydrogens is 490 g/mol. The maximum Gasteiger partial charge on any atom is 0.247 e. The molecule has 0 atom stereocenters. The molecule has 1 amide bonds. The van der Waals surface area contributed by atoms with Crippen molar-refractivity contribution in [2.45, 2.75) is 9.10 Å². The van der Waals surface area contributed by atoms with Crippen molar-refractivity contribution < 1.29 is 9.53 Å². The zero-order chi connectivity index (χ0) is 24.1. The van der Waals surface area contributed by atoms with Crippen LogP contribution in [0.3, 0.4) is 0 Å². The summed E-state index contributed by atoms with van der Waals surface area (Å²) in [4.78, 5) is 21.7. The maximum absolute atomic E-state index is 11.6. The van der Waals surface area contributed by atoms with Gasteiger partial charge in [-0.05, 0) is 43.5 Å². The largest absolute Gasteiger partial charge is 0.494 e. The predicted molar refractivity (Wildman–Crippen MR) is 143 cm³/mol. The van der Waals surface area contributed by atoms with Gasteiger partial charge in [0.25, 0.3) is 0 Å². The topological polar surface area (TPSA) is 69.7 Å². The Morgan fingerprint density at radius 1 is 1.24 bits per heavy atom. The lowest BCUT2D eigenvalue weighted by atomic mass is 10.2. The predicted octanol–water partition coefficient (Wildman–Crippen LogP) is 5.58. The van der Waals surface area contributed by atoms with Crippen molar-refractivity contribution in [1.82, 2.24) is 9.88 Å². The van der Waals surface area contributed by atoms with Gasteiger partial charge in [-0.3, -0.25) is 4.79 Å². The second-order valence-corrected chi connectivity index (χ2v) is 10.4. The molecule has 0 unspecified atom stereocenters. The monoisotopic (exact) mass is 515 g/mol. The highest BCUT2D eigenvalue weighted by Gasteiger charge is 2.17. The summed E-state index contributed by atoms with van der Waals surface area (Å²) >= 11 is 9.38. The minimum absolute atomic E-state index is 0.253. The van der Waals surface area contributed by atoms with Crippen LogP contribution in [0.5, 0.6) is 5.75 Å². The molecule has 0 spiro atoms. The molecular formula is C24H26ClN5O2S2. The van der Waals surface area contributed by atoms with Crippen LogP contribution < -0.4 is 20.3 Å². The van der Waals surface area contributed by atoms with Crippen LogP contribution in [0.1, 0.15) is 0 Å². The van der Waals surface area contributed by atoms with Crippen LogP contribution >= 0.6 is 34.7 Å². The molecule has 178 valence electrons. The fraction of sp³-hybridized carbons (Fsp3) is 0.250. The van der Waals surface area contributed by atoms with Crippen molar-refractivity contribution in [3.8, 4) is 5.75 Å². The molecule has 0 aliphatic carbocycles. The molecule has 0 saturated carbocycles. The molecule has 2 heterocycles. The molecule has 1 fully saturated rings. The highest BCUT2D eigenvalue weighted by molar-refractivity contribution is 8.01. The molecule has 0 bridgehead atoms. The molecule has 34 heavy (non-hydrogen) atoms. The third kappa shape index (κ3) is 6.04. The van der Waals surface area contributed by atoms with E-state index in [1.165, 1.54) is 29.2 Å². The second-order valence-electron chi connectivity index (χ2n) is 7.72. The Hall–Kier alpha value is -2.72. The first-order chi connectivity index (χ1) is 16.4. The Labute approximate surface area is 212 Å². The molecule has 0 radical (unpaired) electrons. The first kappa shape index (κ1) is 24.4. The van der Waals surface area contributed by atoms with E-state index >= 15 is 0 Å². The Balaban J connectivity index is 1.47. The minimum atomic E-state index is -0.253. The van der Waals surface area contributed by atoms with E-state index in [0.717, 1.165) is 52.4 Å². The minimum Gasteiger partial charge on any atom is -0.494 e. The number of rotatable bonds is 8. The first-order valence-corrected chi connectivity index (χ1v) is 12.7. The summed E-state index contributed by atoms with van der Waals surface area (Å²) in [5.74, 6) is 0.500. The number of benzene rings is 2. The number of carbonyl (C=O) groups excluding carboxylic acids is 1. The number of anilines is 4. The number of amides is 1. The molecule has 1 aromatic heterocycles. The Bertz CT molecular complexity index is 1180. The van der Waals surface area contributed by atoms with Crippen molar-refractivity contribution >= 4 is 62.8 Å². The van der Waals surface area contributed by atoms with Crippen LogP contribution in [-0.2, 0) is 4.79 Å². The number of halogens is 1. The summed E-state index contributed by atoms with van der Waals surface area (Å²) in [6.07, 6.45) is 1.24. The van der Waals surface area contributed by atoms with Crippen molar-refractivity contribution in [1.29, 1.82) is 0 Å². The highest BCUT2D eigenvalue weighted by Crippen LogP contribution is 2.42. The van der Waals surface area contributed by atoms with Gasteiger partial charge in [0, 0.05) is 48.5 Å². The SMILES string of the molecule is C=CC(=O)Nc1cccc(Sc2sc(Nc3ccc(N4CCN(C)CC4)cc3OC)nc2Cl)c1. The summed E-state index contributed by atoms with van der Waals surface area (Å²) < 4.78 is 6.51. The fourth-order valence-electron chi connectivity index (χ4n) is 3.50. The van der Waals surface area contributed by atoms with E-state index in [1.807, 2.05) is 30.3 Å². The molecule has 10 heteroatoms. The number of hydrogen-bond donors (Lipinski definition) is 2. The summed E-state index contributed by atoms with van der Waals surface area (Å²) in [7, 11) is 3.82. The molecule has 3 aromatic rings. The fourth-order valence-corrected chi connectivity index (χ4v) is 5.84. The number of aromatic nitrogens is 1. The number of methoxy groups -OCH3 is 1. The standard InChI is InChI=1S/C24H26ClN5O2S2/c1-4-21(31)26-16-6-5-7-18(14-16)33-23-22(25)28-24(34-23)27-19-9-8-17(15-20(19)32-3)30-12-10-29(2)11-13-30/h4-9,14-15H,1,10-13H2,2-3H3,(H,26,31)(H,27,28).